The highest BCUT2D eigenvalue weighted by molar-refractivity contribution is 9.10. The Balaban J connectivity index is 2.54. The summed E-state index contributed by atoms with van der Waals surface area (Å²) < 4.78 is 0.924. The van der Waals surface area contributed by atoms with Crippen LogP contribution in [-0.4, -0.2) is 16.1 Å². The molecule has 1 aromatic carbocycles. The third-order valence-corrected chi connectivity index (χ3v) is 4.14. The van der Waals surface area contributed by atoms with Crippen molar-refractivity contribution in [1.82, 2.24) is 4.98 Å². The first-order valence-electron chi connectivity index (χ1n) is 5.11. The summed E-state index contributed by atoms with van der Waals surface area (Å²) in [6.07, 6.45) is 0.628. The van der Waals surface area contributed by atoms with Crippen LogP contribution in [0.25, 0.3) is 10.6 Å². The number of aromatic carboxylic acids is 1. The van der Waals surface area contributed by atoms with Gasteiger partial charge in [-0.25, -0.2) is 9.78 Å². The van der Waals surface area contributed by atoms with Gasteiger partial charge >= 0.3 is 5.97 Å². The van der Waals surface area contributed by atoms with Crippen molar-refractivity contribution in [3.05, 3.63) is 39.3 Å². The number of benzene rings is 1. The number of aryl methyl sites for hydroxylation is 1. The van der Waals surface area contributed by atoms with E-state index in [0.717, 1.165) is 15.0 Å². The second-order valence-electron chi connectivity index (χ2n) is 3.43. The molecule has 0 aliphatic heterocycles. The summed E-state index contributed by atoms with van der Waals surface area (Å²) >= 11 is 4.66. The van der Waals surface area contributed by atoms with E-state index in [-0.39, 0.29) is 0 Å². The maximum Gasteiger partial charge on any atom is 0.347 e. The Bertz CT molecular complexity index is 565. The van der Waals surface area contributed by atoms with Gasteiger partial charge in [0.2, 0.25) is 0 Å². The van der Waals surface area contributed by atoms with Crippen molar-refractivity contribution >= 4 is 33.2 Å². The molecule has 0 unspecified atom stereocenters. The van der Waals surface area contributed by atoms with E-state index in [9.17, 15) is 4.79 Å². The van der Waals surface area contributed by atoms with E-state index in [1.54, 1.807) is 0 Å². The minimum absolute atomic E-state index is 0.332. The van der Waals surface area contributed by atoms with Gasteiger partial charge in [0.05, 0.1) is 5.69 Å². The van der Waals surface area contributed by atoms with Crippen molar-refractivity contribution in [3.8, 4) is 10.6 Å². The van der Waals surface area contributed by atoms with Gasteiger partial charge in [0.25, 0.3) is 0 Å². The lowest BCUT2D eigenvalue weighted by Gasteiger charge is -1.98. The Kier molecular flexibility index (Phi) is 3.59. The molecular weight excluding hydrogens is 302 g/mol. The molecule has 5 heteroatoms. The SMILES string of the molecule is CCc1nc(-c2ccccc2Br)sc1C(=O)O. The number of nitrogens with zero attached hydrogens (tertiary/aromatic N) is 1. The molecule has 1 heterocycles. The molecule has 2 aromatic rings. The van der Waals surface area contributed by atoms with Crippen LogP contribution in [0, 0.1) is 0 Å². The molecule has 1 N–H and O–H groups in total. The first-order chi connectivity index (χ1) is 8.13. The van der Waals surface area contributed by atoms with Crippen LogP contribution in [0.4, 0.5) is 0 Å². The Labute approximate surface area is 111 Å². The minimum Gasteiger partial charge on any atom is -0.477 e. The Morgan fingerprint density at radius 3 is 2.71 bits per heavy atom. The lowest BCUT2D eigenvalue weighted by atomic mass is 10.2. The average molecular weight is 312 g/mol. The molecule has 0 aliphatic carbocycles. The first-order valence-corrected chi connectivity index (χ1v) is 6.72. The van der Waals surface area contributed by atoms with Gasteiger partial charge in [-0.3, -0.25) is 0 Å². The van der Waals surface area contributed by atoms with Crippen LogP contribution in [0.1, 0.15) is 22.3 Å². The minimum atomic E-state index is -0.905. The van der Waals surface area contributed by atoms with Crippen molar-refractivity contribution in [1.29, 1.82) is 0 Å². The Morgan fingerprint density at radius 1 is 1.47 bits per heavy atom. The summed E-state index contributed by atoms with van der Waals surface area (Å²) in [5.41, 5.74) is 1.58. The second-order valence-corrected chi connectivity index (χ2v) is 5.29. The molecule has 0 fully saturated rings. The van der Waals surface area contributed by atoms with Gasteiger partial charge in [-0.2, -0.15) is 0 Å². The predicted octanol–water partition coefficient (Wildman–Crippen LogP) is 3.83. The van der Waals surface area contributed by atoms with Gasteiger partial charge in [0.1, 0.15) is 9.88 Å². The lowest BCUT2D eigenvalue weighted by molar-refractivity contribution is 0.0701. The topological polar surface area (TPSA) is 50.2 Å². The van der Waals surface area contributed by atoms with Crippen LogP contribution in [0.3, 0.4) is 0 Å². The van der Waals surface area contributed by atoms with E-state index in [1.165, 1.54) is 11.3 Å². The lowest BCUT2D eigenvalue weighted by Crippen LogP contribution is -1.97. The molecule has 0 radical (unpaired) electrons. The van der Waals surface area contributed by atoms with Crippen LogP contribution in [0.15, 0.2) is 28.7 Å². The highest BCUT2D eigenvalue weighted by Gasteiger charge is 2.17. The molecule has 88 valence electrons. The molecule has 1 aromatic heterocycles. The van der Waals surface area contributed by atoms with Crippen molar-refractivity contribution in [2.24, 2.45) is 0 Å². The summed E-state index contributed by atoms with van der Waals surface area (Å²) in [6.45, 7) is 1.91. The summed E-state index contributed by atoms with van der Waals surface area (Å²) in [4.78, 5) is 15.8. The van der Waals surface area contributed by atoms with Gasteiger partial charge in [-0.1, -0.05) is 41.1 Å². The zero-order chi connectivity index (χ0) is 12.4. The van der Waals surface area contributed by atoms with Crippen LogP contribution >= 0.6 is 27.3 Å². The molecular formula is C12H10BrNO2S. The zero-order valence-corrected chi connectivity index (χ0v) is 11.5. The van der Waals surface area contributed by atoms with Crippen LogP contribution in [0.2, 0.25) is 0 Å². The quantitative estimate of drug-likeness (QED) is 0.937. The summed E-state index contributed by atoms with van der Waals surface area (Å²) in [5.74, 6) is -0.905. The fraction of sp³-hybridized carbons (Fsp3) is 0.167. The van der Waals surface area contributed by atoms with Crippen molar-refractivity contribution in [2.75, 3.05) is 0 Å². The number of hydrogen-bond acceptors (Lipinski definition) is 3. The maximum atomic E-state index is 11.1. The van der Waals surface area contributed by atoms with E-state index in [1.807, 2.05) is 31.2 Å². The van der Waals surface area contributed by atoms with E-state index < -0.39 is 5.97 Å². The molecule has 0 atom stereocenters. The second kappa shape index (κ2) is 4.98. The molecule has 0 saturated carbocycles. The molecule has 0 aliphatic rings. The van der Waals surface area contributed by atoms with Gasteiger partial charge in [-0.05, 0) is 12.5 Å². The van der Waals surface area contributed by atoms with Gasteiger partial charge in [-0.15, -0.1) is 11.3 Å². The van der Waals surface area contributed by atoms with Gasteiger partial charge < -0.3 is 5.11 Å². The number of rotatable bonds is 3. The number of thiazole rings is 1. The van der Waals surface area contributed by atoms with Gasteiger partial charge in [0.15, 0.2) is 0 Å². The Hall–Kier alpha value is -1.20. The van der Waals surface area contributed by atoms with Crippen molar-refractivity contribution < 1.29 is 9.90 Å². The van der Waals surface area contributed by atoms with Crippen molar-refractivity contribution in [3.63, 3.8) is 0 Å². The van der Waals surface area contributed by atoms with E-state index in [0.29, 0.717) is 17.0 Å². The Morgan fingerprint density at radius 2 is 2.18 bits per heavy atom. The van der Waals surface area contributed by atoms with E-state index in [2.05, 4.69) is 20.9 Å². The predicted molar refractivity (Wildman–Crippen MR) is 71.6 cm³/mol. The monoisotopic (exact) mass is 311 g/mol. The van der Waals surface area contributed by atoms with Crippen LogP contribution in [0.5, 0.6) is 0 Å². The number of halogens is 1. The van der Waals surface area contributed by atoms with Gasteiger partial charge in [0, 0.05) is 10.0 Å². The molecule has 17 heavy (non-hydrogen) atoms. The third kappa shape index (κ3) is 2.40. The normalized spacial score (nSPS) is 10.5. The third-order valence-electron chi connectivity index (χ3n) is 2.33. The first kappa shape index (κ1) is 12.3. The summed E-state index contributed by atoms with van der Waals surface area (Å²) in [7, 11) is 0. The maximum absolute atomic E-state index is 11.1. The smallest absolute Gasteiger partial charge is 0.347 e. The molecule has 0 spiro atoms. The summed E-state index contributed by atoms with van der Waals surface area (Å²) in [6, 6.07) is 7.67. The number of carboxylic acids is 1. The standard InChI is InChI=1S/C12H10BrNO2S/c1-2-9-10(12(15)16)17-11(14-9)7-5-3-4-6-8(7)13/h3-6H,2H2,1H3,(H,15,16). The van der Waals surface area contributed by atoms with Crippen molar-refractivity contribution in [2.45, 2.75) is 13.3 Å². The summed E-state index contributed by atoms with van der Waals surface area (Å²) in [5, 5.41) is 9.83. The molecule has 3 nitrogen and oxygen atoms in total. The van der Waals surface area contributed by atoms with E-state index >= 15 is 0 Å². The molecule has 0 amide bonds. The number of hydrogen-bond donors (Lipinski definition) is 1. The fourth-order valence-electron chi connectivity index (χ4n) is 1.51. The largest absolute Gasteiger partial charge is 0.477 e. The van der Waals surface area contributed by atoms with Crippen LogP contribution in [-0.2, 0) is 6.42 Å². The highest BCUT2D eigenvalue weighted by atomic mass is 79.9. The molecule has 0 saturated heterocycles. The fourth-order valence-corrected chi connectivity index (χ4v) is 3.14. The zero-order valence-electron chi connectivity index (χ0n) is 9.11. The molecule has 2 rings (SSSR count). The number of carbonyl (C=O) groups is 1. The molecule has 0 bridgehead atoms. The highest BCUT2D eigenvalue weighted by Crippen LogP contribution is 2.33. The van der Waals surface area contributed by atoms with E-state index in [4.69, 9.17) is 5.11 Å². The van der Waals surface area contributed by atoms with Crippen LogP contribution < -0.4 is 0 Å². The number of aromatic nitrogens is 1. The average Bonchev–Trinajstić information content (AvgIpc) is 2.73. The number of carboxylic acid groups (broad SMARTS) is 1.